The van der Waals surface area contributed by atoms with Gasteiger partial charge in [0, 0.05) is 13.1 Å². The molecule has 0 saturated carbocycles. The number of sulfonamides is 1. The van der Waals surface area contributed by atoms with Gasteiger partial charge in [0.05, 0.1) is 10.5 Å². The van der Waals surface area contributed by atoms with E-state index in [2.05, 4.69) is 4.72 Å². The molecule has 0 radical (unpaired) electrons. The zero-order chi connectivity index (χ0) is 17.6. The molecule has 0 aliphatic rings. The monoisotopic (exact) mass is 346 g/mol. The lowest BCUT2D eigenvalue weighted by molar-refractivity contribution is -0.134. The summed E-state index contributed by atoms with van der Waals surface area (Å²) in [6.07, 6.45) is 0. The zero-order valence-electron chi connectivity index (χ0n) is 13.1. The minimum Gasteiger partial charge on any atom is -0.452 e. The van der Waals surface area contributed by atoms with E-state index in [0.717, 1.165) is 18.2 Å². The van der Waals surface area contributed by atoms with Crippen molar-refractivity contribution in [3.63, 3.8) is 0 Å². The van der Waals surface area contributed by atoms with Gasteiger partial charge < -0.3 is 9.64 Å². The van der Waals surface area contributed by atoms with Gasteiger partial charge >= 0.3 is 5.97 Å². The number of rotatable bonds is 7. The summed E-state index contributed by atoms with van der Waals surface area (Å²) in [7, 11) is -2.63. The van der Waals surface area contributed by atoms with Crippen molar-refractivity contribution in [1.82, 2.24) is 9.62 Å². The quantitative estimate of drug-likeness (QED) is 0.736. The number of amides is 1. The maximum absolute atomic E-state index is 13.7. The number of ether oxygens (including phenoxy) is 1. The molecule has 0 spiro atoms. The Bertz CT molecular complexity index is 686. The molecule has 128 valence electrons. The van der Waals surface area contributed by atoms with E-state index in [0.29, 0.717) is 13.1 Å². The van der Waals surface area contributed by atoms with Crippen molar-refractivity contribution in [1.29, 1.82) is 0 Å². The van der Waals surface area contributed by atoms with Crippen LogP contribution in [-0.2, 0) is 19.6 Å². The highest BCUT2D eigenvalue weighted by Gasteiger charge is 2.20. The number of hydrogen-bond acceptors (Lipinski definition) is 5. The number of likely N-dealkylation sites (N-methyl/N-ethyl adjacent to an activating group) is 1. The summed E-state index contributed by atoms with van der Waals surface area (Å²) in [6, 6.07) is 2.75. The van der Waals surface area contributed by atoms with Gasteiger partial charge in [0.15, 0.2) is 6.61 Å². The van der Waals surface area contributed by atoms with Crippen LogP contribution in [0.15, 0.2) is 23.1 Å². The van der Waals surface area contributed by atoms with Crippen molar-refractivity contribution >= 4 is 21.9 Å². The molecule has 1 aromatic rings. The number of halogens is 1. The normalized spacial score (nSPS) is 11.1. The van der Waals surface area contributed by atoms with Crippen LogP contribution in [0.3, 0.4) is 0 Å². The van der Waals surface area contributed by atoms with Crippen LogP contribution in [0.5, 0.6) is 0 Å². The SMILES string of the molecule is CCN(CC)C(=O)COC(=O)c1cc(S(=O)(=O)NC)ccc1F. The lowest BCUT2D eigenvalue weighted by Gasteiger charge is -2.18. The Morgan fingerprint density at radius 2 is 1.87 bits per heavy atom. The molecule has 7 nitrogen and oxygen atoms in total. The fourth-order valence-corrected chi connectivity index (χ4v) is 2.57. The molecule has 0 unspecified atom stereocenters. The molecule has 0 saturated heterocycles. The van der Waals surface area contributed by atoms with E-state index in [9.17, 15) is 22.4 Å². The van der Waals surface area contributed by atoms with E-state index >= 15 is 0 Å². The van der Waals surface area contributed by atoms with E-state index in [-0.39, 0.29) is 4.90 Å². The second kappa shape index (κ2) is 8.02. The van der Waals surface area contributed by atoms with E-state index in [1.54, 1.807) is 13.8 Å². The first-order chi connectivity index (χ1) is 10.8. The summed E-state index contributed by atoms with van der Waals surface area (Å²) in [6.45, 7) is 3.92. The molecule has 0 aliphatic carbocycles. The smallest absolute Gasteiger partial charge is 0.341 e. The van der Waals surface area contributed by atoms with Gasteiger partial charge in [-0.3, -0.25) is 4.79 Å². The number of esters is 1. The van der Waals surface area contributed by atoms with E-state index in [1.807, 2.05) is 0 Å². The van der Waals surface area contributed by atoms with Crippen LogP contribution in [0, 0.1) is 5.82 Å². The van der Waals surface area contributed by atoms with Gasteiger partial charge in [-0.15, -0.1) is 0 Å². The van der Waals surface area contributed by atoms with Gasteiger partial charge in [-0.05, 0) is 39.1 Å². The van der Waals surface area contributed by atoms with E-state index in [4.69, 9.17) is 4.74 Å². The molecule has 0 aliphatic heterocycles. The van der Waals surface area contributed by atoms with Crippen LogP contribution < -0.4 is 4.72 Å². The molecule has 0 aromatic heterocycles. The van der Waals surface area contributed by atoms with Crippen molar-refractivity contribution in [2.24, 2.45) is 0 Å². The molecule has 9 heteroatoms. The maximum Gasteiger partial charge on any atom is 0.341 e. The lowest BCUT2D eigenvalue weighted by atomic mass is 10.2. The van der Waals surface area contributed by atoms with E-state index < -0.39 is 39.9 Å². The second-order valence-corrected chi connectivity index (χ2v) is 6.38. The summed E-state index contributed by atoms with van der Waals surface area (Å²) < 4.78 is 43.9. The third-order valence-electron chi connectivity index (χ3n) is 3.18. The van der Waals surface area contributed by atoms with Crippen LogP contribution in [0.4, 0.5) is 4.39 Å². The number of hydrogen-bond donors (Lipinski definition) is 1. The summed E-state index contributed by atoms with van der Waals surface area (Å²) in [5.41, 5.74) is -0.548. The Kier molecular flexibility index (Phi) is 6.64. The fraction of sp³-hybridized carbons (Fsp3) is 0.429. The fourth-order valence-electron chi connectivity index (χ4n) is 1.82. The number of carbonyl (C=O) groups is 2. The Labute approximate surface area is 134 Å². The predicted molar refractivity (Wildman–Crippen MR) is 80.9 cm³/mol. The first-order valence-corrected chi connectivity index (χ1v) is 8.43. The van der Waals surface area contributed by atoms with Gasteiger partial charge in [-0.25, -0.2) is 22.3 Å². The van der Waals surface area contributed by atoms with Crippen molar-refractivity contribution in [3.8, 4) is 0 Å². The third-order valence-corrected chi connectivity index (χ3v) is 4.59. The van der Waals surface area contributed by atoms with Crippen molar-refractivity contribution in [3.05, 3.63) is 29.6 Å². The molecule has 1 aromatic carbocycles. The second-order valence-electron chi connectivity index (χ2n) is 4.49. The minimum atomic E-state index is -3.82. The Balaban J connectivity index is 2.92. The molecule has 1 amide bonds. The number of carbonyl (C=O) groups excluding carboxylic acids is 2. The minimum absolute atomic E-state index is 0.275. The largest absolute Gasteiger partial charge is 0.452 e. The van der Waals surface area contributed by atoms with Crippen LogP contribution in [0.1, 0.15) is 24.2 Å². The number of nitrogens with one attached hydrogen (secondary N) is 1. The van der Waals surface area contributed by atoms with Crippen LogP contribution >= 0.6 is 0 Å². The molecule has 1 rings (SSSR count). The number of benzene rings is 1. The molecule has 0 fully saturated rings. The highest BCUT2D eigenvalue weighted by molar-refractivity contribution is 7.89. The average molecular weight is 346 g/mol. The molecule has 0 atom stereocenters. The Morgan fingerprint density at radius 1 is 1.26 bits per heavy atom. The number of nitrogens with zero attached hydrogens (tertiary/aromatic N) is 1. The van der Waals surface area contributed by atoms with Gasteiger partial charge in [0.25, 0.3) is 5.91 Å². The van der Waals surface area contributed by atoms with Crippen LogP contribution in [0.2, 0.25) is 0 Å². The van der Waals surface area contributed by atoms with E-state index in [1.165, 1.54) is 11.9 Å². The molecule has 1 N–H and O–H groups in total. The van der Waals surface area contributed by atoms with Gasteiger partial charge in [0.2, 0.25) is 10.0 Å². The standard InChI is InChI=1S/C14H19FN2O5S/c1-4-17(5-2)13(18)9-22-14(19)11-8-10(6-7-12(11)15)23(20,21)16-3/h6-8,16H,4-5,9H2,1-3H3. The molecule has 0 heterocycles. The molecular weight excluding hydrogens is 327 g/mol. The topological polar surface area (TPSA) is 92.8 Å². The Hall–Kier alpha value is -2.00. The highest BCUT2D eigenvalue weighted by Crippen LogP contribution is 2.16. The zero-order valence-corrected chi connectivity index (χ0v) is 13.9. The summed E-state index contributed by atoms with van der Waals surface area (Å²) in [4.78, 5) is 24.8. The molecule has 0 bridgehead atoms. The van der Waals surface area contributed by atoms with Gasteiger partial charge in [-0.1, -0.05) is 0 Å². The van der Waals surface area contributed by atoms with Crippen LogP contribution in [0.25, 0.3) is 0 Å². The maximum atomic E-state index is 13.7. The summed E-state index contributed by atoms with van der Waals surface area (Å²) >= 11 is 0. The first-order valence-electron chi connectivity index (χ1n) is 6.94. The molecular formula is C14H19FN2O5S. The average Bonchev–Trinajstić information content (AvgIpc) is 2.53. The first kappa shape index (κ1) is 19.0. The van der Waals surface area contributed by atoms with Gasteiger partial charge in [-0.2, -0.15) is 0 Å². The van der Waals surface area contributed by atoms with Crippen molar-refractivity contribution in [2.75, 3.05) is 26.7 Å². The summed E-state index contributed by atoms with van der Waals surface area (Å²) in [5.74, 6) is -2.45. The predicted octanol–water partition coefficient (Wildman–Crippen LogP) is 0.759. The highest BCUT2D eigenvalue weighted by atomic mass is 32.2. The summed E-state index contributed by atoms with van der Waals surface area (Å²) in [5, 5.41) is 0. The Morgan fingerprint density at radius 3 is 2.39 bits per heavy atom. The third kappa shape index (κ3) is 4.73. The van der Waals surface area contributed by atoms with Crippen molar-refractivity contribution < 1.29 is 27.1 Å². The van der Waals surface area contributed by atoms with Crippen LogP contribution in [-0.4, -0.2) is 51.9 Å². The van der Waals surface area contributed by atoms with Crippen molar-refractivity contribution in [2.45, 2.75) is 18.7 Å². The van der Waals surface area contributed by atoms with Gasteiger partial charge in [0.1, 0.15) is 5.82 Å². The lowest BCUT2D eigenvalue weighted by Crippen LogP contribution is -2.34. The molecule has 23 heavy (non-hydrogen) atoms.